The van der Waals surface area contributed by atoms with Crippen molar-refractivity contribution < 1.29 is 0 Å². The Hall–Kier alpha value is -1.51. The summed E-state index contributed by atoms with van der Waals surface area (Å²) in [5.74, 6) is 0. The van der Waals surface area contributed by atoms with Crippen LogP contribution < -0.4 is 10.2 Å². The van der Waals surface area contributed by atoms with Crippen molar-refractivity contribution in [2.24, 2.45) is 0 Å². The van der Waals surface area contributed by atoms with E-state index in [9.17, 15) is 0 Å². The first kappa shape index (κ1) is 15.4. The third-order valence-corrected chi connectivity index (χ3v) is 4.59. The minimum Gasteiger partial charge on any atom is -0.364 e. The number of nitrogens with zero attached hydrogens (tertiary/aromatic N) is 1. The third kappa shape index (κ3) is 3.82. The molecule has 2 aromatic rings. The standard InChI is InChI=1S/C19H23ClN2/c1-15-5-7-18(8-6-15)22(19-9-11-21-12-10-19)14-16-3-2-4-17(20)13-16/h2-8,13,19,21H,9-12,14H2,1H3. The van der Waals surface area contributed by atoms with E-state index in [1.807, 2.05) is 12.1 Å². The summed E-state index contributed by atoms with van der Waals surface area (Å²) in [5, 5.41) is 4.27. The lowest BCUT2D eigenvalue weighted by Crippen LogP contribution is -2.43. The Morgan fingerprint density at radius 2 is 1.82 bits per heavy atom. The Morgan fingerprint density at radius 3 is 2.50 bits per heavy atom. The van der Waals surface area contributed by atoms with Gasteiger partial charge in [-0.05, 0) is 62.7 Å². The van der Waals surface area contributed by atoms with Crippen LogP contribution in [0.1, 0.15) is 24.0 Å². The minimum atomic E-state index is 0.586. The lowest BCUT2D eigenvalue weighted by molar-refractivity contribution is 0.428. The summed E-state index contributed by atoms with van der Waals surface area (Å²) in [6, 6.07) is 17.7. The van der Waals surface area contributed by atoms with Crippen molar-refractivity contribution in [2.45, 2.75) is 32.4 Å². The predicted molar refractivity (Wildman–Crippen MR) is 94.7 cm³/mol. The van der Waals surface area contributed by atoms with Crippen LogP contribution in [-0.4, -0.2) is 19.1 Å². The fourth-order valence-electron chi connectivity index (χ4n) is 3.12. The molecule has 0 amide bonds. The molecule has 3 rings (SSSR count). The summed E-state index contributed by atoms with van der Waals surface area (Å²) < 4.78 is 0. The number of nitrogens with one attached hydrogen (secondary N) is 1. The number of piperidine rings is 1. The van der Waals surface area contributed by atoms with Crippen molar-refractivity contribution in [1.82, 2.24) is 5.32 Å². The van der Waals surface area contributed by atoms with Gasteiger partial charge in [0.2, 0.25) is 0 Å². The van der Waals surface area contributed by atoms with Crippen LogP contribution in [0.4, 0.5) is 5.69 Å². The van der Waals surface area contributed by atoms with E-state index in [1.165, 1.54) is 29.7 Å². The normalized spacial score (nSPS) is 15.7. The van der Waals surface area contributed by atoms with Gasteiger partial charge in [0.05, 0.1) is 0 Å². The summed E-state index contributed by atoms with van der Waals surface area (Å²) in [5.41, 5.74) is 3.88. The molecule has 116 valence electrons. The van der Waals surface area contributed by atoms with Crippen molar-refractivity contribution in [2.75, 3.05) is 18.0 Å². The van der Waals surface area contributed by atoms with Crippen LogP contribution in [0.25, 0.3) is 0 Å². The zero-order valence-electron chi connectivity index (χ0n) is 13.1. The first-order valence-electron chi connectivity index (χ1n) is 8.01. The van der Waals surface area contributed by atoms with Gasteiger partial charge in [0.25, 0.3) is 0 Å². The van der Waals surface area contributed by atoms with E-state index in [-0.39, 0.29) is 0 Å². The predicted octanol–water partition coefficient (Wildman–Crippen LogP) is 4.41. The highest BCUT2D eigenvalue weighted by molar-refractivity contribution is 6.30. The molecule has 0 unspecified atom stereocenters. The lowest BCUT2D eigenvalue weighted by Gasteiger charge is -2.36. The first-order chi connectivity index (χ1) is 10.7. The Kier molecular flexibility index (Phi) is 5.01. The second-order valence-corrected chi connectivity index (χ2v) is 6.51. The van der Waals surface area contributed by atoms with Crippen LogP contribution >= 0.6 is 11.6 Å². The Morgan fingerprint density at radius 1 is 1.09 bits per heavy atom. The molecule has 1 aliphatic heterocycles. The van der Waals surface area contributed by atoms with E-state index >= 15 is 0 Å². The van der Waals surface area contributed by atoms with Gasteiger partial charge in [0.1, 0.15) is 0 Å². The van der Waals surface area contributed by atoms with Crippen molar-refractivity contribution in [1.29, 1.82) is 0 Å². The van der Waals surface area contributed by atoms with Gasteiger partial charge in [-0.2, -0.15) is 0 Å². The second-order valence-electron chi connectivity index (χ2n) is 6.07. The molecular formula is C19H23ClN2. The van der Waals surface area contributed by atoms with E-state index in [1.54, 1.807) is 0 Å². The number of aryl methyl sites for hydroxylation is 1. The van der Waals surface area contributed by atoms with Crippen LogP contribution in [0.5, 0.6) is 0 Å². The summed E-state index contributed by atoms with van der Waals surface area (Å²) in [6.07, 6.45) is 2.38. The molecule has 0 atom stereocenters. The maximum atomic E-state index is 6.15. The first-order valence-corrected chi connectivity index (χ1v) is 8.38. The summed E-state index contributed by atoms with van der Waals surface area (Å²) >= 11 is 6.15. The molecular weight excluding hydrogens is 292 g/mol. The zero-order chi connectivity index (χ0) is 15.4. The monoisotopic (exact) mass is 314 g/mol. The van der Waals surface area contributed by atoms with Gasteiger partial charge in [-0.15, -0.1) is 0 Å². The fraction of sp³-hybridized carbons (Fsp3) is 0.368. The number of hydrogen-bond acceptors (Lipinski definition) is 2. The molecule has 0 spiro atoms. The van der Waals surface area contributed by atoms with Crippen LogP contribution in [0.3, 0.4) is 0 Å². The van der Waals surface area contributed by atoms with Gasteiger partial charge in [0.15, 0.2) is 0 Å². The molecule has 2 aromatic carbocycles. The van der Waals surface area contributed by atoms with Crippen LogP contribution in [0.15, 0.2) is 48.5 Å². The molecule has 1 fully saturated rings. The third-order valence-electron chi connectivity index (χ3n) is 4.36. The molecule has 2 nitrogen and oxygen atoms in total. The fourth-order valence-corrected chi connectivity index (χ4v) is 3.33. The summed E-state index contributed by atoms with van der Waals surface area (Å²) in [6.45, 7) is 5.25. The van der Waals surface area contributed by atoms with Crippen LogP contribution in [0, 0.1) is 6.92 Å². The minimum absolute atomic E-state index is 0.586. The molecule has 0 aromatic heterocycles. The molecule has 3 heteroatoms. The average molecular weight is 315 g/mol. The van der Waals surface area contributed by atoms with E-state index in [0.717, 1.165) is 24.7 Å². The Labute approximate surface area is 138 Å². The molecule has 1 aliphatic rings. The van der Waals surface area contributed by atoms with Crippen molar-refractivity contribution in [3.05, 3.63) is 64.7 Å². The largest absolute Gasteiger partial charge is 0.364 e. The number of benzene rings is 2. The van der Waals surface area contributed by atoms with Crippen molar-refractivity contribution in [3.8, 4) is 0 Å². The van der Waals surface area contributed by atoms with Crippen molar-refractivity contribution in [3.63, 3.8) is 0 Å². The highest BCUT2D eigenvalue weighted by Gasteiger charge is 2.21. The van der Waals surface area contributed by atoms with Crippen molar-refractivity contribution >= 4 is 17.3 Å². The topological polar surface area (TPSA) is 15.3 Å². The van der Waals surface area contributed by atoms with E-state index in [4.69, 9.17) is 11.6 Å². The zero-order valence-corrected chi connectivity index (χ0v) is 13.8. The SMILES string of the molecule is Cc1ccc(N(Cc2cccc(Cl)c2)C2CCNCC2)cc1. The maximum Gasteiger partial charge on any atom is 0.0433 e. The molecule has 0 saturated carbocycles. The Balaban J connectivity index is 1.86. The van der Waals surface area contributed by atoms with Gasteiger partial charge in [-0.3, -0.25) is 0 Å². The number of halogens is 1. The molecule has 0 radical (unpaired) electrons. The van der Waals surface area contributed by atoms with Crippen LogP contribution in [-0.2, 0) is 6.54 Å². The van der Waals surface area contributed by atoms with Gasteiger partial charge < -0.3 is 10.2 Å². The van der Waals surface area contributed by atoms with Gasteiger partial charge >= 0.3 is 0 Å². The molecule has 1 saturated heterocycles. The van der Waals surface area contributed by atoms with Gasteiger partial charge in [0, 0.05) is 23.3 Å². The highest BCUT2D eigenvalue weighted by Crippen LogP contribution is 2.25. The molecule has 22 heavy (non-hydrogen) atoms. The number of hydrogen-bond donors (Lipinski definition) is 1. The highest BCUT2D eigenvalue weighted by atomic mass is 35.5. The lowest BCUT2D eigenvalue weighted by atomic mass is 10.0. The van der Waals surface area contributed by atoms with Gasteiger partial charge in [-0.1, -0.05) is 41.4 Å². The second kappa shape index (κ2) is 7.17. The molecule has 0 aliphatic carbocycles. The summed E-state index contributed by atoms with van der Waals surface area (Å²) in [4.78, 5) is 2.53. The molecule has 0 bridgehead atoms. The average Bonchev–Trinajstić information content (AvgIpc) is 2.55. The molecule has 1 N–H and O–H groups in total. The number of anilines is 1. The smallest absolute Gasteiger partial charge is 0.0433 e. The Bertz CT molecular complexity index is 603. The van der Waals surface area contributed by atoms with E-state index in [2.05, 4.69) is 53.5 Å². The molecule has 1 heterocycles. The van der Waals surface area contributed by atoms with Gasteiger partial charge in [-0.25, -0.2) is 0 Å². The summed E-state index contributed by atoms with van der Waals surface area (Å²) in [7, 11) is 0. The quantitative estimate of drug-likeness (QED) is 0.899. The number of rotatable bonds is 4. The van der Waals surface area contributed by atoms with Crippen LogP contribution in [0.2, 0.25) is 5.02 Å². The van der Waals surface area contributed by atoms with E-state index in [0.29, 0.717) is 6.04 Å². The maximum absolute atomic E-state index is 6.15. The van der Waals surface area contributed by atoms with E-state index < -0.39 is 0 Å².